The Balaban J connectivity index is 2.42. The van der Waals surface area contributed by atoms with Crippen molar-refractivity contribution in [1.29, 1.82) is 0 Å². The molecule has 2 N–H and O–H groups in total. The van der Waals surface area contributed by atoms with Crippen LogP contribution >= 0.6 is 0 Å². The van der Waals surface area contributed by atoms with Crippen molar-refractivity contribution >= 4 is 15.8 Å². The van der Waals surface area contributed by atoms with Gasteiger partial charge in [0.25, 0.3) is 0 Å². The van der Waals surface area contributed by atoms with E-state index in [1.54, 1.807) is 7.05 Å². The average molecular weight is 346 g/mol. The van der Waals surface area contributed by atoms with Crippen LogP contribution in [0.5, 0.6) is 0 Å². The van der Waals surface area contributed by atoms with Gasteiger partial charge in [0.1, 0.15) is 9.84 Å². The monoisotopic (exact) mass is 345 g/mol. The molecule has 0 radical (unpaired) electrons. The summed E-state index contributed by atoms with van der Waals surface area (Å²) >= 11 is 0. The Morgan fingerprint density at radius 2 is 1.83 bits per heavy atom. The Morgan fingerprint density at radius 3 is 2.30 bits per heavy atom. The van der Waals surface area contributed by atoms with Gasteiger partial charge in [0.15, 0.2) is 5.96 Å². The van der Waals surface area contributed by atoms with Gasteiger partial charge in [0, 0.05) is 25.9 Å². The maximum absolute atomic E-state index is 11.3. The summed E-state index contributed by atoms with van der Waals surface area (Å²) in [7, 11) is -1.13. The molecule has 0 aromatic rings. The number of sulfone groups is 1. The number of rotatable bonds is 6. The Hall–Kier alpha value is -0.780. The molecule has 1 rings (SSSR count). The molecule has 1 fully saturated rings. The van der Waals surface area contributed by atoms with Crippen molar-refractivity contribution in [2.45, 2.75) is 65.8 Å². The van der Waals surface area contributed by atoms with Crippen molar-refractivity contribution in [3.05, 3.63) is 0 Å². The molecule has 23 heavy (non-hydrogen) atoms. The molecule has 0 heterocycles. The van der Waals surface area contributed by atoms with Crippen LogP contribution in [0.3, 0.4) is 0 Å². The topological polar surface area (TPSA) is 70.6 Å². The maximum Gasteiger partial charge on any atom is 0.191 e. The van der Waals surface area contributed by atoms with Crippen molar-refractivity contribution in [3.63, 3.8) is 0 Å². The first-order valence-electron chi connectivity index (χ1n) is 8.57. The third kappa shape index (κ3) is 8.58. The van der Waals surface area contributed by atoms with Gasteiger partial charge in [-0.3, -0.25) is 4.99 Å². The highest BCUT2D eigenvalue weighted by Gasteiger charge is 2.27. The molecule has 0 aromatic carbocycles. The Kier molecular flexibility index (Phi) is 6.93. The first-order chi connectivity index (χ1) is 10.4. The second-order valence-corrected chi connectivity index (χ2v) is 10.8. The van der Waals surface area contributed by atoms with Gasteiger partial charge in [0.05, 0.1) is 5.75 Å². The Morgan fingerprint density at radius 1 is 1.26 bits per heavy atom. The smallest absolute Gasteiger partial charge is 0.191 e. The lowest BCUT2D eigenvalue weighted by Gasteiger charge is -2.35. The van der Waals surface area contributed by atoms with Crippen LogP contribution < -0.4 is 10.6 Å². The predicted octanol–water partition coefficient (Wildman–Crippen LogP) is 2.58. The lowest BCUT2D eigenvalue weighted by atomic mass is 9.75. The summed E-state index contributed by atoms with van der Waals surface area (Å²) in [6, 6.07) is 0.480. The highest BCUT2D eigenvalue weighted by atomic mass is 32.2. The van der Waals surface area contributed by atoms with Crippen LogP contribution in [0.25, 0.3) is 0 Å². The fourth-order valence-corrected chi connectivity index (χ4v) is 3.73. The zero-order valence-corrected chi connectivity index (χ0v) is 16.5. The fraction of sp³-hybridized carbons (Fsp3) is 0.941. The van der Waals surface area contributed by atoms with E-state index >= 15 is 0 Å². The lowest BCUT2D eigenvalue weighted by Crippen LogP contribution is -2.48. The highest BCUT2D eigenvalue weighted by Crippen LogP contribution is 2.34. The van der Waals surface area contributed by atoms with Gasteiger partial charge in [-0.15, -0.1) is 0 Å². The zero-order chi connectivity index (χ0) is 17.7. The molecule has 0 unspecified atom stereocenters. The molecule has 0 aliphatic heterocycles. The summed E-state index contributed by atoms with van der Waals surface area (Å²) in [4.78, 5) is 4.31. The zero-order valence-electron chi connectivity index (χ0n) is 15.7. The van der Waals surface area contributed by atoms with E-state index in [4.69, 9.17) is 0 Å². The molecule has 0 saturated heterocycles. The predicted molar refractivity (Wildman–Crippen MR) is 98.6 cm³/mol. The molecule has 1 aliphatic carbocycles. The first kappa shape index (κ1) is 20.3. The molecule has 1 aliphatic rings. The largest absolute Gasteiger partial charge is 0.356 e. The van der Waals surface area contributed by atoms with Crippen molar-refractivity contribution in [3.8, 4) is 0 Å². The number of aliphatic imine (C=N–C) groups is 1. The minimum Gasteiger partial charge on any atom is -0.356 e. The van der Waals surface area contributed by atoms with E-state index in [-0.39, 0.29) is 11.2 Å². The number of nitrogens with one attached hydrogen (secondary N) is 2. The Bertz CT molecular complexity index is 500. The maximum atomic E-state index is 11.3. The second-order valence-electron chi connectivity index (χ2n) is 8.55. The quantitative estimate of drug-likeness (QED) is 0.573. The van der Waals surface area contributed by atoms with Crippen LogP contribution in [-0.2, 0) is 9.84 Å². The third-order valence-electron chi connectivity index (χ3n) is 4.79. The summed E-state index contributed by atoms with van der Waals surface area (Å²) < 4.78 is 22.7. The average Bonchev–Trinajstić information content (AvgIpc) is 2.42. The van der Waals surface area contributed by atoms with E-state index in [9.17, 15) is 8.42 Å². The Labute approximate surface area is 142 Å². The van der Waals surface area contributed by atoms with Gasteiger partial charge in [-0.25, -0.2) is 8.42 Å². The van der Waals surface area contributed by atoms with Crippen molar-refractivity contribution in [2.75, 3.05) is 25.6 Å². The molecule has 0 aromatic heterocycles. The van der Waals surface area contributed by atoms with Crippen LogP contribution in [-0.4, -0.2) is 46.0 Å². The first-order valence-corrected chi connectivity index (χ1v) is 10.6. The minimum atomic E-state index is -2.91. The van der Waals surface area contributed by atoms with Gasteiger partial charge in [-0.1, -0.05) is 27.7 Å². The number of hydrogen-bond donors (Lipinski definition) is 2. The third-order valence-corrected chi connectivity index (χ3v) is 5.73. The summed E-state index contributed by atoms with van der Waals surface area (Å²) in [6.45, 7) is 9.55. The van der Waals surface area contributed by atoms with E-state index in [0.29, 0.717) is 24.4 Å². The lowest BCUT2D eigenvalue weighted by molar-refractivity contribution is 0.216. The SMILES string of the molecule is CN=C(NCC(C)(C)CCS(C)(=O)=O)NC1CCC(C)(C)CC1. The molecule has 0 spiro atoms. The molecule has 5 nitrogen and oxygen atoms in total. The van der Waals surface area contributed by atoms with Crippen LogP contribution in [0.2, 0.25) is 0 Å². The minimum absolute atomic E-state index is 0.0880. The highest BCUT2D eigenvalue weighted by molar-refractivity contribution is 7.90. The number of guanidine groups is 1. The van der Waals surface area contributed by atoms with E-state index in [1.807, 2.05) is 0 Å². The molecule has 0 bridgehead atoms. The van der Waals surface area contributed by atoms with Gasteiger partial charge >= 0.3 is 0 Å². The van der Waals surface area contributed by atoms with Gasteiger partial charge in [-0.05, 0) is 42.9 Å². The van der Waals surface area contributed by atoms with Gasteiger partial charge < -0.3 is 10.6 Å². The van der Waals surface area contributed by atoms with E-state index < -0.39 is 9.84 Å². The standard InChI is InChI=1S/C17H35N3O2S/c1-16(2)9-7-14(8-10-16)20-15(18-5)19-13-17(3,4)11-12-23(6,21)22/h14H,7-13H2,1-6H3,(H2,18,19,20). The van der Waals surface area contributed by atoms with E-state index in [0.717, 1.165) is 5.96 Å². The molecule has 1 saturated carbocycles. The summed E-state index contributed by atoms with van der Waals surface area (Å²) in [5.74, 6) is 1.05. The van der Waals surface area contributed by atoms with Crippen LogP contribution in [0.4, 0.5) is 0 Å². The fourth-order valence-electron chi connectivity index (χ4n) is 2.80. The molecule has 0 amide bonds. The van der Waals surface area contributed by atoms with Gasteiger partial charge in [-0.2, -0.15) is 0 Å². The molecule has 136 valence electrons. The van der Waals surface area contributed by atoms with Crippen LogP contribution in [0.1, 0.15) is 59.8 Å². The van der Waals surface area contributed by atoms with Crippen molar-refractivity contribution in [1.82, 2.24) is 10.6 Å². The molecular formula is C17H35N3O2S. The second kappa shape index (κ2) is 7.86. The van der Waals surface area contributed by atoms with Crippen molar-refractivity contribution in [2.24, 2.45) is 15.8 Å². The number of nitrogens with zero attached hydrogens (tertiary/aromatic N) is 1. The molecular weight excluding hydrogens is 310 g/mol. The molecule has 0 atom stereocenters. The van der Waals surface area contributed by atoms with Crippen LogP contribution in [0, 0.1) is 10.8 Å². The number of hydrogen-bond acceptors (Lipinski definition) is 3. The molecule has 6 heteroatoms. The van der Waals surface area contributed by atoms with Crippen molar-refractivity contribution < 1.29 is 8.42 Å². The normalized spacial score (nSPS) is 20.3. The summed E-state index contributed by atoms with van der Waals surface area (Å²) in [6.07, 6.45) is 6.76. The summed E-state index contributed by atoms with van der Waals surface area (Å²) in [5.41, 5.74) is 0.373. The van der Waals surface area contributed by atoms with E-state index in [1.165, 1.54) is 31.9 Å². The van der Waals surface area contributed by atoms with Crippen LogP contribution in [0.15, 0.2) is 4.99 Å². The summed E-state index contributed by atoms with van der Waals surface area (Å²) in [5, 5.41) is 6.87. The van der Waals surface area contributed by atoms with Gasteiger partial charge in [0.2, 0.25) is 0 Å². The van der Waals surface area contributed by atoms with E-state index in [2.05, 4.69) is 43.3 Å².